The molecule has 1 atom stereocenters. The highest BCUT2D eigenvalue weighted by molar-refractivity contribution is 7.99. The van der Waals surface area contributed by atoms with Crippen LogP contribution in [0, 0.1) is 5.95 Å². The van der Waals surface area contributed by atoms with E-state index in [0.29, 0.717) is 11.1 Å². The van der Waals surface area contributed by atoms with E-state index in [1.807, 2.05) is 0 Å². The van der Waals surface area contributed by atoms with Crippen LogP contribution >= 0.6 is 11.8 Å². The van der Waals surface area contributed by atoms with Gasteiger partial charge >= 0.3 is 0 Å². The molecular weight excluding hydrogens is 203 g/mol. The Bertz CT molecular complexity index is 305. The van der Waals surface area contributed by atoms with Crippen LogP contribution in [0.25, 0.3) is 0 Å². The van der Waals surface area contributed by atoms with Crippen LogP contribution in [0.5, 0.6) is 0 Å². The molecule has 14 heavy (non-hydrogen) atoms. The lowest BCUT2D eigenvalue weighted by molar-refractivity contribution is 0.129. The normalized spacial score (nSPS) is 21.4. The van der Waals surface area contributed by atoms with E-state index in [4.69, 9.17) is 4.74 Å². The summed E-state index contributed by atoms with van der Waals surface area (Å²) >= 11 is 1.52. The second-order valence-electron chi connectivity index (χ2n) is 3.13. The molecule has 1 unspecified atom stereocenters. The molecule has 0 aromatic carbocycles. The molecule has 1 aromatic rings. The van der Waals surface area contributed by atoms with Gasteiger partial charge < -0.3 is 4.74 Å². The van der Waals surface area contributed by atoms with Crippen LogP contribution in [0.15, 0.2) is 17.4 Å². The minimum atomic E-state index is -0.477. The molecule has 0 saturated carbocycles. The third-order valence-electron chi connectivity index (χ3n) is 2.05. The third kappa shape index (κ3) is 2.65. The largest absolute Gasteiger partial charge is 0.377 e. The molecule has 0 amide bonds. The summed E-state index contributed by atoms with van der Waals surface area (Å²) in [6.07, 6.45) is 3.77. The van der Waals surface area contributed by atoms with Crippen molar-refractivity contribution in [1.82, 2.24) is 9.97 Å². The maximum atomic E-state index is 12.7. The van der Waals surface area contributed by atoms with E-state index in [1.54, 1.807) is 0 Å². The summed E-state index contributed by atoms with van der Waals surface area (Å²) in [7, 11) is 0. The summed E-state index contributed by atoms with van der Waals surface area (Å²) in [6.45, 7) is 0.851. The summed E-state index contributed by atoms with van der Waals surface area (Å²) in [6, 6.07) is 1.35. The van der Waals surface area contributed by atoms with Crippen LogP contribution in [0.1, 0.15) is 12.8 Å². The van der Waals surface area contributed by atoms with Gasteiger partial charge in [0.2, 0.25) is 5.95 Å². The molecule has 2 heterocycles. The smallest absolute Gasteiger partial charge is 0.217 e. The first kappa shape index (κ1) is 9.86. The number of halogens is 1. The summed E-state index contributed by atoms with van der Waals surface area (Å²) < 4.78 is 18.1. The quantitative estimate of drug-likeness (QED) is 0.568. The van der Waals surface area contributed by atoms with Crippen molar-refractivity contribution in [2.45, 2.75) is 24.0 Å². The molecule has 5 heteroatoms. The highest BCUT2D eigenvalue weighted by atomic mass is 32.2. The van der Waals surface area contributed by atoms with E-state index >= 15 is 0 Å². The van der Waals surface area contributed by atoms with Gasteiger partial charge in [0.15, 0.2) is 0 Å². The fraction of sp³-hybridized carbons (Fsp3) is 0.556. The van der Waals surface area contributed by atoms with Gasteiger partial charge in [-0.3, -0.25) is 0 Å². The first-order chi connectivity index (χ1) is 6.84. The van der Waals surface area contributed by atoms with E-state index in [1.165, 1.54) is 24.2 Å². The van der Waals surface area contributed by atoms with Gasteiger partial charge in [-0.25, -0.2) is 9.97 Å². The van der Waals surface area contributed by atoms with Crippen molar-refractivity contribution >= 4 is 11.8 Å². The van der Waals surface area contributed by atoms with Gasteiger partial charge in [0.1, 0.15) is 11.4 Å². The van der Waals surface area contributed by atoms with Crippen LogP contribution in [0.3, 0.4) is 0 Å². The van der Waals surface area contributed by atoms with Crippen LogP contribution in [0.4, 0.5) is 4.39 Å². The van der Waals surface area contributed by atoms with Crippen molar-refractivity contribution in [2.24, 2.45) is 0 Å². The number of hydrogen-bond donors (Lipinski definition) is 0. The molecule has 2 rings (SSSR count). The first-order valence-corrected chi connectivity index (χ1v) is 5.55. The predicted octanol–water partition coefficient (Wildman–Crippen LogP) is 1.89. The predicted molar refractivity (Wildman–Crippen MR) is 51.7 cm³/mol. The Hall–Kier alpha value is -0.680. The zero-order chi connectivity index (χ0) is 9.80. The number of ether oxygens (including phenoxy) is 1. The summed E-state index contributed by atoms with van der Waals surface area (Å²) in [5.41, 5.74) is 0. The molecule has 1 aromatic heterocycles. The maximum Gasteiger partial charge on any atom is 0.217 e. The van der Waals surface area contributed by atoms with Crippen LogP contribution in [-0.4, -0.2) is 28.4 Å². The van der Waals surface area contributed by atoms with Crippen molar-refractivity contribution in [2.75, 3.05) is 12.4 Å². The third-order valence-corrected chi connectivity index (χ3v) is 3.11. The summed E-state index contributed by atoms with van der Waals surface area (Å²) in [4.78, 5) is 7.35. The Morgan fingerprint density at radius 3 is 3.21 bits per heavy atom. The van der Waals surface area contributed by atoms with Crippen molar-refractivity contribution < 1.29 is 9.13 Å². The van der Waals surface area contributed by atoms with Crippen LogP contribution in [0.2, 0.25) is 0 Å². The van der Waals surface area contributed by atoms with Crippen LogP contribution in [-0.2, 0) is 4.74 Å². The summed E-state index contributed by atoms with van der Waals surface area (Å²) in [5, 5.41) is 0.674. The second kappa shape index (κ2) is 4.70. The highest BCUT2D eigenvalue weighted by Gasteiger charge is 2.15. The van der Waals surface area contributed by atoms with Crippen molar-refractivity contribution in [3.05, 3.63) is 18.3 Å². The zero-order valence-electron chi connectivity index (χ0n) is 7.65. The van der Waals surface area contributed by atoms with Gasteiger partial charge in [-0.2, -0.15) is 4.39 Å². The summed E-state index contributed by atoms with van der Waals surface area (Å²) in [5.74, 6) is 0.367. The monoisotopic (exact) mass is 214 g/mol. The molecule has 1 aliphatic rings. The molecule has 1 aliphatic heterocycles. The van der Waals surface area contributed by atoms with Gasteiger partial charge in [0.25, 0.3) is 0 Å². The fourth-order valence-corrected chi connectivity index (χ4v) is 2.27. The minimum absolute atomic E-state index is 0.304. The number of rotatable bonds is 3. The van der Waals surface area contributed by atoms with Gasteiger partial charge in [0.05, 0.1) is 6.10 Å². The van der Waals surface area contributed by atoms with E-state index in [9.17, 15) is 4.39 Å². The number of thioether (sulfide) groups is 1. The molecule has 1 fully saturated rings. The van der Waals surface area contributed by atoms with Gasteiger partial charge in [0, 0.05) is 18.4 Å². The SMILES string of the molecule is Fc1cc(SCC2CCCO2)ncn1. The van der Waals surface area contributed by atoms with Crippen molar-refractivity contribution in [3.63, 3.8) is 0 Å². The molecule has 76 valence electrons. The Kier molecular flexibility index (Phi) is 3.31. The molecule has 0 radical (unpaired) electrons. The fourth-order valence-electron chi connectivity index (χ4n) is 1.35. The standard InChI is InChI=1S/C9H11FN2OS/c10-8-4-9(12-6-11-8)14-5-7-2-1-3-13-7/h4,6-7H,1-3,5H2. The number of nitrogens with zero attached hydrogens (tertiary/aromatic N) is 2. The molecule has 0 N–H and O–H groups in total. The average molecular weight is 214 g/mol. The Morgan fingerprint density at radius 1 is 1.57 bits per heavy atom. The topological polar surface area (TPSA) is 35.0 Å². The molecular formula is C9H11FN2OS. The molecule has 0 aliphatic carbocycles. The molecule has 0 bridgehead atoms. The lowest BCUT2D eigenvalue weighted by Crippen LogP contribution is -2.07. The van der Waals surface area contributed by atoms with E-state index < -0.39 is 5.95 Å². The van der Waals surface area contributed by atoms with Crippen molar-refractivity contribution in [3.8, 4) is 0 Å². The van der Waals surface area contributed by atoms with Gasteiger partial charge in [-0.15, -0.1) is 11.8 Å². The van der Waals surface area contributed by atoms with E-state index in [2.05, 4.69) is 9.97 Å². The lowest BCUT2D eigenvalue weighted by atomic mass is 10.3. The number of aromatic nitrogens is 2. The molecule has 3 nitrogen and oxygen atoms in total. The van der Waals surface area contributed by atoms with E-state index in [0.717, 1.165) is 25.2 Å². The van der Waals surface area contributed by atoms with Gasteiger partial charge in [-0.05, 0) is 12.8 Å². The maximum absolute atomic E-state index is 12.7. The Labute approximate surface area is 86.1 Å². The number of hydrogen-bond acceptors (Lipinski definition) is 4. The zero-order valence-corrected chi connectivity index (χ0v) is 8.47. The highest BCUT2D eigenvalue weighted by Crippen LogP contribution is 2.21. The lowest BCUT2D eigenvalue weighted by Gasteiger charge is -2.07. The average Bonchev–Trinajstić information content (AvgIpc) is 2.67. The van der Waals surface area contributed by atoms with Crippen LogP contribution < -0.4 is 0 Å². The molecule has 0 spiro atoms. The molecule has 1 saturated heterocycles. The Morgan fingerprint density at radius 2 is 2.50 bits per heavy atom. The van der Waals surface area contributed by atoms with Gasteiger partial charge in [-0.1, -0.05) is 0 Å². The first-order valence-electron chi connectivity index (χ1n) is 4.56. The Balaban J connectivity index is 1.85. The van der Waals surface area contributed by atoms with E-state index in [-0.39, 0.29) is 0 Å². The second-order valence-corrected chi connectivity index (χ2v) is 4.17. The van der Waals surface area contributed by atoms with Crippen molar-refractivity contribution in [1.29, 1.82) is 0 Å². The minimum Gasteiger partial charge on any atom is -0.377 e.